The van der Waals surface area contributed by atoms with Crippen molar-refractivity contribution in [3.05, 3.63) is 59.4 Å². The van der Waals surface area contributed by atoms with E-state index < -0.39 is 5.82 Å². The summed E-state index contributed by atoms with van der Waals surface area (Å²) >= 11 is 1.33. The van der Waals surface area contributed by atoms with Gasteiger partial charge in [-0.3, -0.25) is 9.59 Å². The second-order valence-corrected chi connectivity index (χ2v) is 7.22. The molecule has 0 heterocycles. The van der Waals surface area contributed by atoms with Crippen molar-refractivity contribution in [1.82, 2.24) is 9.80 Å². The molecule has 0 saturated heterocycles. The summed E-state index contributed by atoms with van der Waals surface area (Å²) in [5, 5.41) is 0. The number of ether oxygens (including phenoxy) is 1. The Hall–Kier alpha value is -2.54. The molecule has 0 radical (unpaired) electrons. The average molecular weight is 390 g/mol. The van der Waals surface area contributed by atoms with Gasteiger partial charge in [0.25, 0.3) is 5.91 Å². The van der Waals surface area contributed by atoms with E-state index in [0.717, 1.165) is 4.90 Å². The molecule has 0 atom stereocenters. The van der Waals surface area contributed by atoms with Gasteiger partial charge in [0.15, 0.2) is 11.6 Å². The van der Waals surface area contributed by atoms with Crippen LogP contribution in [0.5, 0.6) is 5.75 Å². The number of nitrogens with zero attached hydrogens (tertiary/aromatic N) is 2. The van der Waals surface area contributed by atoms with Crippen molar-refractivity contribution >= 4 is 23.6 Å². The fourth-order valence-electron chi connectivity index (χ4n) is 2.40. The molecule has 144 valence electrons. The van der Waals surface area contributed by atoms with E-state index >= 15 is 0 Å². The van der Waals surface area contributed by atoms with Gasteiger partial charge in [0.05, 0.1) is 18.4 Å². The van der Waals surface area contributed by atoms with Gasteiger partial charge in [-0.2, -0.15) is 0 Å². The van der Waals surface area contributed by atoms with Crippen molar-refractivity contribution in [2.75, 3.05) is 34.0 Å². The zero-order valence-corrected chi connectivity index (χ0v) is 16.7. The molecule has 0 saturated carbocycles. The predicted octanol–water partition coefficient (Wildman–Crippen LogP) is 3.29. The number of hydrogen-bond acceptors (Lipinski definition) is 4. The molecule has 0 bridgehead atoms. The third kappa shape index (κ3) is 5.47. The molecule has 0 spiro atoms. The van der Waals surface area contributed by atoms with Crippen molar-refractivity contribution in [1.29, 1.82) is 0 Å². The number of benzene rings is 2. The number of hydrogen-bond donors (Lipinski definition) is 0. The number of amides is 2. The topological polar surface area (TPSA) is 49.9 Å². The van der Waals surface area contributed by atoms with Crippen molar-refractivity contribution in [2.45, 2.75) is 11.4 Å². The molecule has 7 heteroatoms. The van der Waals surface area contributed by atoms with E-state index in [1.165, 1.54) is 34.7 Å². The van der Waals surface area contributed by atoms with E-state index in [9.17, 15) is 14.0 Å². The Balaban J connectivity index is 2.12. The van der Waals surface area contributed by atoms with Crippen LogP contribution < -0.4 is 4.74 Å². The highest BCUT2D eigenvalue weighted by Gasteiger charge is 2.17. The van der Waals surface area contributed by atoms with E-state index in [-0.39, 0.29) is 29.9 Å². The fourth-order valence-corrected chi connectivity index (χ4v) is 3.42. The Morgan fingerprint density at radius 2 is 1.81 bits per heavy atom. The summed E-state index contributed by atoms with van der Waals surface area (Å²) < 4.78 is 18.8. The Morgan fingerprint density at radius 1 is 1.11 bits per heavy atom. The Morgan fingerprint density at radius 3 is 2.44 bits per heavy atom. The van der Waals surface area contributed by atoms with E-state index in [4.69, 9.17) is 4.74 Å². The third-order valence-electron chi connectivity index (χ3n) is 3.95. The minimum atomic E-state index is -0.464. The maximum atomic E-state index is 13.9. The number of carbonyl (C=O) groups is 2. The standard InChI is InChI=1S/C20H23FN2O3S/c1-22(2)19(24)13-27-18-8-6-5-7-15(18)20(25)23(3)12-14-9-10-17(26-4)16(21)11-14/h5-11H,12-13H2,1-4H3. The molecule has 0 aliphatic carbocycles. The van der Waals surface area contributed by atoms with Crippen LogP contribution in [0.15, 0.2) is 47.4 Å². The molecule has 2 aromatic rings. The summed E-state index contributed by atoms with van der Waals surface area (Å²) in [5.41, 5.74) is 1.18. The zero-order valence-electron chi connectivity index (χ0n) is 15.9. The maximum Gasteiger partial charge on any atom is 0.255 e. The monoisotopic (exact) mass is 390 g/mol. The minimum absolute atomic E-state index is 0.0238. The molecule has 0 unspecified atom stereocenters. The molecule has 0 fully saturated rings. The maximum absolute atomic E-state index is 13.9. The number of carbonyl (C=O) groups excluding carboxylic acids is 2. The van der Waals surface area contributed by atoms with Gasteiger partial charge < -0.3 is 14.5 Å². The van der Waals surface area contributed by atoms with Crippen LogP contribution in [0.4, 0.5) is 4.39 Å². The van der Waals surface area contributed by atoms with Gasteiger partial charge in [-0.15, -0.1) is 11.8 Å². The molecular weight excluding hydrogens is 367 g/mol. The SMILES string of the molecule is COc1ccc(CN(C)C(=O)c2ccccc2SCC(=O)N(C)C)cc1F. The van der Waals surface area contributed by atoms with Gasteiger partial charge in [-0.25, -0.2) is 4.39 Å². The number of rotatable bonds is 7. The summed E-state index contributed by atoms with van der Waals surface area (Å²) in [5.74, 6) is -0.255. The molecule has 0 aromatic heterocycles. The van der Waals surface area contributed by atoms with Crippen molar-refractivity contribution in [2.24, 2.45) is 0 Å². The van der Waals surface area contributed by atoms with Crippen molar-refractivity contribution in [3.63, 3.8) is 0 Å². The number of methoxy groups -OCH3 is 1. The Labute approximate surface area is 163 Å². The van der Waals surface area contributed by atoms with E-state index in [2.05, 4.69) is 0 Å². The van der Waals surface area contributed by atoms with Crippen LogP contribution in [-0.4, -0.2) is 55.6 Å². The van der Waals surface area contributed by atoms with Gasteiger partial charge in [0.1, 0.15) is 0 Å². The molecule has 2 amide bonds. The van der Waals surface area contributed by atoms with Crippen LogP contribution in [0, 0.1) is 5.82 Å². The first-order valence-corrected chi connectivity index (χ1v) is 9.32. The largest absolute Gasteiger partial charge is 0.494 e. The van der Waals surface area contributed by atoms with Crippen LogP contribution in [0.25, 0.3) is 0 Å². The highest BCUT2D eigenvalue weighted by molar-refractivity contribution is 8.00. The first-order chi connectivity index (χ1) is 12.8. The van der Waals surface area contributed by atoms with Gasteiger partial charge in [-0.1, -0.05) is 18.2 Å². The zero-order chi connectivity index (χ0) is 20.0. The van der Waals surface area contributed by atoms with E-state index in [1.807, 2.05) is 12.1 Å². The Bertz CT molecular complexity index is 827. The fraction of sp³-hybridized carbons (Fsp3) is 0.300. The lowest BCUT2D eigenvalue weighted by Gasteiger charge is -2.19. The minimum Gasteiger partial charge on any atom is -0.494 e. The summed E-state index contributed by atoms with van der Waals surface area (Å²) in [6.07, 6.45) is 0. The lowest BCUT2D eigenvalue weighted by Crippen LogP contribution is -2.27. The summed E-state index contributed by atoms with van der Waals surface area (Å²) in [4.78, 5) is 28.5. The van der Waals surface area contributed by atoms with E-state index in [0.29, 0.717) is 11.1 Å². The van der Waals surface area contributed by atoms with Crippen LogP contribution in [0.2, 0.25) is 0 Å². The van der Waals surface area contributed by atoms with Gasteiger partial charge >= 0.3 is 0 Å². The van der Waals surface area contributed by atoms with Crippen LogP contribution >= 0.6 is 11.8 Å². The lowest BCUT2D eigenvalue weighted by atomic mass is 10.1. The third-order valence-corrected chi connectivity index (χ3v) is 5.01. The molecule has 0 aliphatic rings. The smallest absolute Gasteiger partial charge is 0.255 e. The predicted molar refractivity (Wildman–Crippen MR) is 105 cm³/mol. The molecule has 2 rings (SSSR count). The first kappa shape index (κ1) is 20.8. The highest BCUT2D eigenvalue weighted by atomic mass is 32.2. The van der Waals surface area contributed by atoms with Gasteiger partial charge in [0.2, 0.25) is 5.91 Å². The van der Waals surface area contributed by atoms with Crippen LogP contribution in [0.3, 0.4) is 0 Å². The molecule has 2 aromatic carbocycles. The molecule has 0 N–H and O–H groups in total. The summed E-state index contributed by atoms with van der Waals surface area (Å²) in [7, 11) is 6.46. The molecular formula is C20H23FN2O3S. The normalized spacial score (nSPS) is 10.4. The quantitative estimate of drug-likeness (QED) is 0.681. The molecule has 0 aliphatic heterocycles. The average Bonchev–Trinajstić information content (AvgIpc) is 2.65. The lowest BCUT2D eigenvalue weighted by molar-refractivity contribution is -0.125. The first-order valence-electron chi connectivity index (χ1n) is 8.33. The second kappa shape index (κ2) is 9.41. The number of halogens is 1. The second-order valence-electron chi connectivity index (χ2n) is 6.20. The molecule has 27 heavy (non-hydrogen) atoms. The number of thioether (sulfide) groups is 1. The van der Waals surface area contributed by atoms with Gasteiger partial charge in [0, 0.05) is 32.6 Å². The Kier molecular flexibility index (Phi) is 7.24. The highest BCUT2D eigenvalue weighted by Crippen LogP contribution is 2.25. The summed E-state index contributed by atoms with van der Waals surface area (Å²) in [6, 6.07) is 11.8. The summed E-state index contributed by atoms with van der Waals surface area (Å²) in [6.45, 7) is 0.259. The van der Waals surface area contributed by atoms with E-state index in [1.54, 1.807) is 45.4 Å². The van der Waals surface area contributed by atoms with Crippen molar-refractivity contribution < 1.29 is 18.7 Å². The van der Waals surface area contributed by atoms with Crippen LogP contribution in [0.1, 0.15) is 15.9 Å². The van der Waals surface area contributed by atoms with Crippen molar-refractivity contribution in [3.8, 4) is 5.75 Å². The molecule has 5 nitrogen and oxygen atoms in total. The van der Waals surface area contributed by atoms with Crippen LogP contribution in [-0.2, 0) is 11.3 Å². The van der Waals surface area contributed by atoms with Gasteiger partial charge in [-0.05, 0) is 29.8 Å².